The van der Waals surface area contributed by atoms with Gasteiger partial charge in [-0.3, -0.25) is 4.79 Å². The van der Waals surface area contributed by atoms with Gasteiger partial charge in [-0.05, 0) is 74.9 Å². The topological polar surface area (TPSA) is 64.4 Å². The van der Waals surface area contributed by atoms with Gasteiger partial charge in [0.25, 0.3) is 5.91 Å². The van der Waals surface area contributed by atoms with Gasteiger partial charge in [-0.15, -0.1) is 0 Å². The predicted molar refractivity (Wildman–Crippen MR) is 119 cm³/mol. The zero-order valence-corrected chi connectivity index (χ0v) is 17.7. The molecular formula is C24H21ClN2O3. The minimum Gasteiger partial charge on any atom is -0.478 e. The number of nitrogens with one attached hydrogen (secondary N) is 1. The fourth-order valence-corrected chi connectivity index (χ4v) is 3.18. The number of benzene rings is 3. The van der Waals surface area contributed by atoms with Gasteiger partial charge in [0, 0.05) is 16.3 Å². The Bertz CT molecular complexity index is 1210. The second kappa shape index (κ2) is 7.84. The molecule has 0 aliphatic heterocycles. The second-order valence-electron chi connectivity index (χ2n) is 7.54. The van der Waals surface area contributed by atoms with Gasteiger partial charge in [0.2, 0.25) is 5.89 Å². The maximum Gasteiger partial charge on any atom is 0.267 e. The number of rotatable bonds is 5. The largest absolute Gasteiger partial charge is 0.478 e. The smallest absolute Gasteiger partial charge is 0.267 e. The van der Waals surface area contributed by atoms with Gasteiger partial charge in [0.15, 0.2) is 11.2 Å². The zero-order valence-electron chi connectivity index (χ0n) is 16.9. The number of aromatic nitrogens is 1. The van der Waals surface area contributed by atoms with Gasteiger partial charge in [0.1, 0.15) is 11.3 Å². The third kappa shape index (κ3) is 4.16. The van der Waals surface area contributed by atoms with Crippen molar-refractivity contribution >= 4 is 34.3 Å². The van der Waals surface area contributed by atoms with Crippen molar-refractivity contribution in [2.24, 2.45) is 0 Å². The van der Waals surface area contributed by atoms with Crippen molar-refractivity contribution in [3.05, 3.63) is 77.3 Å². The summed E-state index contributed by atoms with van der Waals surface area (Å²) in [4.78, 5) is 17.4. The normalized spacial score (nSPS) is 11.5. The summed E-state index contributed by atoms with van der Waals surface area (Å²) in [6.07, 6.45) is 0. The molecule has 0 saturated carbocycles. The minimum absolute atomic E-state index is 0.278. The lowest BCUT2D eigenvalue weighted by Crippen LogP contribution is -2.42. The van der Waals surface area contributed by atoms with Gasteiger partial charge >= 0.3 is 0 Å². The first-order chi connectivity index (χ1) is 14.3. The van der Waals surface area contributed by atoms with Crippen LogP contribution >= 0.6 is 11.6 Å². The Kier molecular flexibility index (Phi) is 5.22. The molecule has 152 valence electrons. The Balaban J connectivity index is 1.53. The number of halogens is 1. The molecule has 0 aliphatic carbocycles. The Morgan fingerprint density at radius 1 is 1.07 bits per heavy atom. The van der Waals surface area contributed by atoms with Crippen molar-refractivity contribution in [1.29, 1.82) is 0 Å². The summed E-state index contributed by atoms with van der Waals surface area (Å²) >= 11 is 5.90. The van der Waals surface area contributed by atoms with E-state index in [-0.39, 0.29) is 5.91 Å². The molecule has 6 heteroatoms. The highest BCUT2D eigenvalue weighted by Gasteiger charge is 2.30. The number of hydrogen-bond acceptors (Lipinski definition) is 4. The first-order valence-electron chi connectivity index (χ1n) is 9.54. The van der Waals surface area contributed by atoms with Gasteiger partial charge < -0.3 is 14.5 Å². The molecule has 0 spiro atoms. The molecular weight excluding hydrogens is 400 g/mol. The number of carbonyl (C=O) groups excluding carboxylic acids is 1. The highest BCUT2D eigenvalue weighted by atomic mass is 35.5. The van der Waals surface area contributed by atoms with Crippen molar-refractivity contribution in [1.82, 2.24) is 4.98 Å². The predicted octanol–water partition coefficient (Wildman–Crippen LogP) is 6.25. The molecule has 0 unspecified atom stereocenters. The van der Waals surface area contributed by atoms with Crippen LogP contribution in [-0.2, 0) is 4.79 Å². The Morgan fingerprint density at radius 3 is 2.53 bits per heavy atom. The van der Waals surface area contributed by atoms with E-state index in [1.165, 1.54) is 0 Å². The number of hydrogen-bond donors (Lipinski definition) is 1. The molecule has 1 heterocycles. The van der Waals surface area contributed by atoms with Crippen LogP contribution in [0.3, 0.4) is 0 Å². The first-order valence-corrected chi connectivity index (χ1v) is 9.92. The first kappa shape index (κ1) is 20.0. The quantitative estimate of drug-likeness (QED) is 0.414. The van der Waals surface area contributed by atoms with E-state index >= 15 is 0 Å². The van der Waals surface area contributed by atoms with E-state index in [0.29, 0.717) is 33.4 Å². The van der Waals surface area contributed by atoms with Crippen LogP contribution in [0.25, 0.3) is 22.6 Å². The molecule has 0 saturated heterocycles. The zero-order chi connectivity index (χ0) is 21.3. The molecule has 1 aromatic heterocycles. The van der Waals surface area contributed by atoms with Gasteiger partial charge in [0.05, 0.1) is 0 Å². The summed E-state index contributed by atoms with van der Waals surface area (Å²) in [6, 6.07) is 20.2. The van der Waals surface area contributed by atoms with Gasteiger partial charge in [-0.25, -0.2) is 4.98 Å². The Morgan fingerprint density at radius 2 is 1.80 bits per heavy atom. The maximum absolute atomic E-state index is 12.8. The van der Waals surface area contributed by atoms with Crippen LogP contribution in [0, 0.1) is 6.92 Å². The molecule has 0 radical (unpaired) electrons. The molecule has 4 rings (SSSR count). The van der Waals surface area contributed by atoms with Gasteiger partial charge in [-0.2, -0.15) is 0 Å². The molecule has 4 aromatic rings. The number of oxazole rings is 1. The molecule has 0 fully saturated rings. The summed E-state index contributed by atoms with van der Waals surface area (Å²) < 4.78 is 11.7. The number of aryl methyl sites for hydroxylation is 1. The molecule has 0 bridgehead atoms. The molecule has 1 amide bonds. The lowest BCUT2D eigenvalue weighted by Gasteiger charge is -2.25. The maximum atomic E-state index is 12.8. The average Bonchev–Trinajstić information content (AvgIpc) is 3.13. The third-order valence-electron chi connectivity index (χ3n) is 4.75. The van der Waals surface area contributed by atoms with E-state index in [2.05, 4.69) is 10.3 Å². The highest BCUT2D eigenvalue weighted by molar-refractivity contribution is 6.30. The van der Waals surface area contributed by atoms with Crippen molar-refractivity contribution in [3.63, 3.8) is 0 Å². The van der Waals surface area contributed by atoms with E-state index in [1.807, 2.05) is 31.2 Å². The fraction of sp³-hybridized carbons (Fsp3) is 0.167. The van der Waals surface area contributed by atoms with E-state index < -0.39 is 5.60 Å². The van der Waals surface area contributed by atoms with Crippen LogP contribution in [0.15, 0.2) is 71.1 Å². The highest BCUT2D eigenvalue weighted by Crippen LogP contribution is 2.29. The summed E-state index contributed by atoms with van der Waals surface area (Å²) in [5, 5.41) is 3.50. The number of nitrogens with zero attached hydrogens (tertiary/aromatic N) is 1. The van der Waals surface area contributed by atoms with Crippen molar-refractivity contribution < 1.29 is 13.9 Å². The summed E-state index contributed by atoms with van der Waals surface area (Å²) in [5.74, 6) is 0.840. The monoisotopic (exact) mass is 420 g/mol. The minimum atomic E-state index is -1.08. The Hall–Kier alpha value is -3.31. The summed E-state index contributed by atoms with van der Waals surface area (Å²) in [6.45, 7) is 5.43. The molecule has 0 aliphatic rings. The van der Waals surface area contributed by atoms with Crippen LogP contribution < -0.4 is 10.1 Å². The standard InChI is InChI=1S/C24H21ClN2O3/c1-15-6-4-5-7-19(15)22-27-20-14-17(10-13-21(20)29-22)26-23(28)24(2,3)30-18-11-8-16(25)9-12-18/h4-14H,1-3H3,(H,26,28). The van der Waals surface area contributed by atoms with Crippen LogP contribution in [0.1, 0.15) is 19.4 Å². The number of carbonyl (C=O) groups is 1. The van der Waals surface area contributed by atoms with Gasteiger partial charge in [-0.1, -0.05) is 29.8 Å². The van der Waals surface area contributed by atoms with E-state index in [1.54, 1.807) is 56.3 Å². The lowest BCUT2D eigenvalue weighted by molar-refractivity contribution is -0.128. The SMILES string of the molecule is Cc1ccccc1-c1nc2cc(NC(=O)C(C)(C)Oc3ccc(Cl)cc3)ccc2o1. The fourth-order valence-electron chi connectivity index (χ4n) is 3.06. The molecule has 1 N–H and O–H groups in total. The lowest BCUT2D eigenvalue weighted by atomic mass is 10.1. The molecule has 5 nitrogen and oxygen atoms in total. The average molecular weight is 421 g/mol. The Labute approximate surface area is 179 Å². The molecule has 30 heavy (non-hydrogen) atoms. The number of amides is 1. The van der Waals surface area contributed by atoms with E-state index in [0.717, 1.165) is 11.1 Å². The second-order valence-corrected chi connectivity index (χ2v) is 7.97. The summed E-state index contributed by atoms with van der Waals surface area (Å²) in [7, 11) is 0. The summed E-state index contributed by atoms with van der Waals surface area (Å²) in [5.41, 5.74) is 2.88. The van der Waals surface area contributed by atoms with E-state index in [4.69, 9.17) is 20.8 Å². The van der Waals surface area contributed by atoms with Crippen molar-refractivity contribution in [2.75, 3.05) is 5.32 Å². The van der Waals surface area contributed by atoms with Crippen LogP contribution in [0.4, 0.5) is 5.69 Å². The van der Waals surface area contributed by atoms with Crippen LogP contribution in [-0.4, -0.2) is 16.5 Å². The molecule has 0 atom stereocenters. The van der Waals surface area contributed by atoms with E-state index in [9.17, 15) is 4.79 Å². The number of ether oxygens (including phenoxy) is 1. The van der Waals surface area contributed by atoms with Crippen molar-refractivity contribution in [2.45, 2.75) is 26.4 Å². The molecule has 3 aromatic carbocycles. The van der Waals surface area contributed by atoms with Crippen LogP contribution in [0.2, 0.25) is 5.02 Å². The number of fused-ring (bicyclic) bond motifs is 1. The van der Waals surface area contributed by atoms with Crippen LogP contribution in [0.5, 0.6) is 5.75 Å². The van der Waals surface area contributed by atoms with Crippen molar-refractivity contribution in [3.8, 4) is 17.2 Å². The number of anilines is 1. The third-order valence-corrected chi connectivity index (χ3v) is 5.01.